The van der Waals surface area contributed by atoms with Gasteiger partial charge in [0.15, 0.2) is 0 Å². The van der Waals surface area contributed by atoms with E-state index in [1.54, 1.807) is 20.8 Å². The molecule has 0 N–H and O–H groups in total. The molecule has 8 nitrogen and oxygen atoms in total. The molecule has 0 aromatic rings. The first-order valence-corrected chi connectivity index (χ1v) is 10.9. The summed E-state index contributed by atoms with van der Waals surface area (Å²) in [6, 6.07) is 0. The molecule has 0 bridgehead atoms. The maximum Gasteiger partial charge on any atom is 0.244 e. The zero-order chi connectivity index (χ0) is 21.1. The fourth-order valence-corrected chi connectivity index (χ4v) is 4.96. The van der Waals surface area contributed by atoms with E-state index in [0.717, 1.165) is 9.80 Å². The molecule has 3 unspecified atom stereocenters. The number of hydrogen-bond acceptors (Lipinski definition) is 8. The van der Waals surface area contributed by atoms with Gasteiger partial charge in [0.2, 0.25) is 23.6 Å². The standard InChI is InChI=1S/C18H22N2O6S2.2Y/c1-11(6-21)7-27-12-4-14(23)19(16(12)25)10-20-15(24)5-13(17(20)26)28-9-18(2,3)8-22;;/h11-13H,4-5,7,9-10H2,1-3H3;;/q-2;;. The second-order valence-electron chi connectivity index (χ2n) is 7.50. The van der Waals surface area contributed by atoms with Crippen molar-refractivity contribution < 1.29 is 94.2 Å². The maximum atomic E-state index is 12.5. The smallest absolute Gasteiger partial charge is 0.244 e. The first-order chi connectivity index (χ1) is 13.1. The first-order valence-electron chi connectivity index (χ1n) is 8.78. The van der Waals surface area contributed by atoms with Crippen LogP contribution in [-0.4, -0.2) is 74.7 Å². The summed E-state index contributed by atoms with van der Waals surface area (Å²) in [5.74, 6) is -1.46. The molecule has 0 aromatic carbocycles. The molecule has 160 valence electrons. The van der Waals surface area contributed by atoms with Crippen molar-refractivity contribution in [1.82, 2.24) is 9.80 Å². The van der Waals surface area contributed by atoms with Crippen LogP contribution >= 0.6 is 23.5 Å². The molecule has 2 radical (unpaired) electrons. The molecule has 2 heterocycles. The van der Waals surface area contributed by atoms with Gasteiger partial charge in [-0.3, -0.25) is 41.6 Å². The SMILES string of the molecule is CC([C-]=O)CSC1CC(=O)N(CN2C(=O)CC(SCC(C)(C)[C-]=O)C2=O)C1=O.[Y].[Y]. The normalized spacial score (nSPS) is 22.6. The Morgan fingerprint density at radius 3 is 1.87 bits per heavy atom. The van der Waals surface area contributed by atoms with Crippen molar-refractivity contribution in [3.05, 3.63) is 0 Å². The molecule has 0 aliphatic carbocycles. The molecular formula is C18H22N2O6S2Y2-2. The van der Waals surface area contributed by atoms with Crippen molar-refractivity contribution in [3.63, 3.8) is 0 Å². The summed E-state index contributed by atoms with van der Waals surface area (Å²) in [6.07, 6.45) is 3.67. The van der Waals surface area contributed by atoms with Crippen LogP contribution in [0.5, 0.6) is 0 Å². The van der Waals surface area contributed by atoms with Crippen LogP contribution in [0.4, 0.5) is 0 Å². The molecule has 4 amide bonds. The van der Waals surface area contributed by atoms with Gasteiger partial charge in [-0.15, -0.1) is 23.1 Å². The average molecular weight is 604 g/mol. The van der Waals surface area contributed by atoms with Crippen LogP contribution in [0.3, 0.4) is 0 Å². The average Bonchev–Trinajstić information content (AvgIpc) is 3.08. The van der Waals surface area contributed by atoms with E-state index in [1.807, 2.05) is 12.6 Å². The number of likely N-dealkylation sites (tertiary alicyclic amines) is 2. The van der Waals surface area contributed by atoms with E-state index in [0.29, 0.717) is 11.5 Å². The Balaban J connectivity index is 0.00000420. The van der Waals surface area contributed by atoms with Gasteiger partial charge in [0.05, 0.1) is 10.5 Å². The predicted octanol–water partition coefficient (Wildman–Crippen LogP) is 0.542. The fourth-order valence-electron chi connectivity index (χ4n) is 2.64. The molecule has 2 aliphatic rings. The molecule has 3 atom stereocenters. The van der Waals surface area contributed by atoms with Gasteiger partial charge >= 0.3 is 0 Å². The van der Waals surface area contributed by atoms with Crippen molar-refractivity contribution in [2.24, 2.45) is 11.3 Å². The topological polar surface area (TPSA) is 109 Å². The number of hydrogen-bond donors (Lipinski definition) is 0. The number of thioether (sulfide) groups is 2. The zero-order valence-corrected chi connectivity index (χ0v) is 24.4. The summed E-state index contributed by atoms with van der Waals surface area (Å²) >= 11 is 2.40. The number of carbonyl (C=O) groups is 4. The van der Waals surface area contributed by atoms with Crippen molar-refractivity contribution in [1.29, 1.82) is 0 Å². The van der Waals surface area contributed by atoms with E-state index in [1.165, 1.54) is 23.5 Å². The van der Waals surface area contributed by atoms with Gasteiger partial charge < -0.3 is 9.59 Å². The van der Waals surface area contributed by atoms with Crippen LogP contribution in [-0.2, 0) is 94.2 Å². The van der Waals surface area contributed by atoms with E-state index in [-0.39, 0.29) is 90.8 Å². The minimum Gasteiger partial charge on any atom is -0.541 e. The van der Waals surface area contributed by atoms with Crippen LogP contribution in [0.2, 0.25) is 0 Å². The minimum atomic E-state index is -0.733. The first kappa shape index (κ1) is 30.5. The van der Waals surface area contributed by atoms with Crippen molar-refractivity contribution in [3.8, 4) is 0 Å². The molecule has 2 fully saturated rings. The molecule has 0 aromatic heterocycles. The zero-order valence-electron chi connectivity index (χ0n) is 17.1. The van der Waals surface area contributed by atoms with Gasteiger partial charge in [-0.05, 0) is 11.5 Å². The van der Waals surface area contributed by atoms with Gasteiger partial charge in [0.25, 0.3) is 0 Å². The summed E-state index contributed by atoms with van der Waals surface area (Å²) in [5.41, 5.74) is -0.733. The molecule has 30 heavy (non-hydrogen) atoms. The van der Waals surface area contributed by atoms with Crippen molar-refractivity contribution in [2.45, 2.75) is 44.1 Å². The van der Waals surface area contributed by atoms with Crippen LogP contribution in [0, 0.1) is 11.3 Å². The van der Waals surface area contributed by atoms with E-state index >= 15 is 0 Å². The summed E-state index contributed by atoms with van der Waals surface area (Å²) < 4.78 is 0. The maximum absolute atomic E-state index is 12.5. The Labute approximate surface area is 234 Å². The van der Waals surface area contributed by atoms with Crippen LogP contribution in [0.25, 0.3) is 0 Å². The molecule has 12 heteroatoms. The van der Waals surface area contributed by atoms with E-state index < -0.39 is 39.5 Å². The Kier molecular flexibility index (Phi) is 13.5. The molecule has 0 saturated carbocycles. The van der Waals surface area contributed by atoms with Gasteiger partial charge in [0, 0.05) is 78.3 Å². The minimum absolute atomic E-state index is 0. The number of rotatable bonds is 10. The largest absolute Gasteiger partial charge is 0.541 e. The van der Waals surface area contributed by atoms with E-state index in [9.17, 15) is 28.8 Å². The van der Waals surface area contributed by atoms with Crippen molar-refractivity contribution >= 4 is 59.7 Å². The van der Waals surface area contributed by atoms with Crippen LogP contribution < -0.4 is 0 Å². The Morgan fingerprint density at radius 1 is 0.967 bits per heavy atom. The second kappa shape index (κ2) is 13.3. The number of amides is 4. The van der Waals surface area contributed by atoms with Gasteiger partial charge in [0.1, 0.15) is 6.67 Å². The third kappa shape index (κ3) is 7.83. The Hall–Kier alpha value is 0.528. The van der Waals surface area contributed by atoms with Gasteiger partial charge in [-0.25, -0.2) is 0 Å². The molecule has 2 aliphatic heterocycles. The van der Waals surface area contributed by atoms with Crippen LogP contribution in [0.15, 0.2) is 0 Å². The van der Waals surface area contributed by atoms with Crippen LogP contribution in [0.1, 0.15) is 33.6 Å². The number of carbonyl (C=O) groups excluding carboxylic acids is 6. The summed E-state index contributed by atoms with van der Waals surface area (Å²) in [6.45, 7) is 4.66. The second-order valence-corrected chi connectivity index (χ2v) is 9.92. The third-order valence-corrected chi connectivity index (χ3v) is 7.48. The van der Waals surface area contributed by atoms with Gasteiger partial charge in [-0.2, -0.15) is 11.8 Å². The predicted molar refractivity (Wildman–Crippen MR) is 105 cm³/mol. The van der Waals surface area contributed by atoms with E-state index in [2.05, 4.69) is 0 Å². The fraction of sp³-hybridized carbons (Fsp3) is 0.667. The molecule has 2 rings (SSSR count). The Morgan fingerprint density at radius 2 is 1.43 bits per heavy atom. The summed E-state index contributed by atoms with van der Waals surface area (Å²) in [4.78, 5) is 72.8. The summed E-state index contributed by atoms with van der Waals surface area (Å²) in [7, 11) is 0. The summed E-state index contributed by atoms with van der Waals surface area (Å²) in [5, 5.41) is -1.26. The monoisotopic (exact) mass is 604 g/mol. The number of imide groups is 2. The molecular weight excluding hydrogens is 582 g/mol. The quantitative estimate of drug-likeness (QED) is 0.263. The van der Waals surface area contributed by atoms with E-state index in [4.69, 9.17) is 0 Å². The van der Waals surface area contributed by atoms with Gasteiger partial charge in [-0.1, -0.05) is 20.8 Å². The Bertz CT molecular complexity index is 706. The van der Waals surface area contributed by atoms with Crippen molar-refractivity contribution in [2.75, 3.05) is 18.2 Å². The number of nitrogens with zero attached hydrogens (tertiary/aromatic N) is 2. The molecule has 2 saturated heterocycles. The molecule has 0 spiro atoms. The third-order valence-electron chi connectivity index (χ3n) is 4.36.